The number of para-hydroxylation sites is 1. The van der Waals surface area contributed by atoms with Crippen LogP contribution in [0.3, 0.4) is 0 Å². The second-order valence-electron chi connectivity index (χ2n) is 6.24. The first kappa shape index (κ1) is 20.7. The lowest BCUT2D eigenvalue weighted by Crippen LogP contribution is -2.21. The van der Waals surface area contributed by atoms with Crippen molar-refractivity contribution in [3.05, 3.63) is 78.9 Å². The summed E-state index contributed by atoms with van der Waals surface area (Å²) in [7, 11) is 1.58. The largest absolute Gasteiger partial charge is 0.497 e. The zero-order valence-electron chi connectivity index (χ0n) is 16.5. The number of rotatable bonds is 9. The molecule has 30 heavy (non-hydrogen) atoms. The minimum atomic E-state index is -0.318. The smallest absolute Gasteiger partial charge is 0.262 e. The van der Waals surface area contributed by atoms with E-state index in [1.165, 1.54) is 0 Å². The van der Waals surface area contributed by atoms with E-state index in [0.717, 1.165) is 0 Å². The van der Waals surface area contributed by atoms with E-state index in [1.54, 1.807) is 67.8 Å². The molecule has 7 heteroatoms. The van der Waals surface area contributed by atoms with E-state index in [9.17, 15) is 9.59 Å². The lowest BCUT2D eigenvalue weighted by Gasteiger charge is -2.10. The van der Waals surface area contributed by atoms with E-state index in [1.807, 2.05) is 18.2 Å². The van der Waals surface area contributed by atoms with Crippen molar-refractivity contribution in [3.63, 3.8) is 0 Å². The molecule has 0 atom stereocenters. The van der Waals surface area contributed by atoms with Crippen LogP contribution in [0.25, 0.3) is 0 Å². The number of amides is 2. The fraction of sp³-hybridized carbons (Fsp3) is 0.130. The van der Waals surface area contributed by atoms with Gasteiger partial charge in [-0.05, 0) is 54.6 Å². The topological polar surface area (TPSA) is 85.9 Å². The van der Waals surface area contributed by atoms with E-state index >= 15 is 0 Å². The Labute approximate surface area is 174 Å². The summed E-state index contributed by atoms with van der Waals surface area (Å²) in [5, 5.41) is 5.47. The van der Waals surface area contributed by atoms with Gasteiger partial charge in [-0.1, -0.05) is 24.3 Å². The van der Waals surface area contributed by atoms with Crippen LogP contribution in [-0.4, -0.2) is 32.1 Å². The number of benzene rings is 3. The highest BCUT2D eigenvalue weighted by Gasteiger charge is 2.07. The zero-order chi connectivity index (χ0) is 21.2. The molecule has 0 heterocycles. The molecule has 0 radical (unpaired) electrons. The van der Waals surface area contributed by atoms with Crippen LogP contribution >= 0.6 is 0 Å². The summed E-state index contributed by atoms with van der Waals surface area (Å²) >= 11 is 0. The van der Waals surface area contributed by atoms with Crippen LogP contribution in [-0.2, 0) is 9.59 Å². The van der Waals surface area contributed by atoms with Crippen LogP contribution in [0.1, 0.15) is 0 Å². The molecular formula is C23H22N2O5. The molecule has 0 aliphatic rings. The third-order valence-corrected chi connectivity index (χ3v) is 3.97. The Morgan fingerprint density at radius 2 is 1.17 bits per heavy atom. The molecule has 0 aliphatic carbocycles. The molecule has 3 aromatic carbocycles. The van der Waals surface area contributed by atoms with Crippen molar-refractivity contribution >= 4 is 23.2 Å². The van der Waals surface area contributed by atoms with Crippen LogP contribution < -0.4 is 24.8 Å². The highest BCUT2D eigenvalue weighted by Crippen LogP contribution is 2.18. The number of carbonyl (C=O) groups is 2. The molecule has 0 aromatic heterocycles. The molecule has 2 amide bonds. The second-order valence-corrected chi connectivity index (χ2v) is 6.24. The fourth-order valence-corrected chi connectivity index (χ4v) is 2.56. The molecule has 0 unspecified atom stereocenters. The number of nitrogens with one attached hydrogen (secondary N) is 2. The molecular weight excluding hydrogens is 384 g/mol. The number of hydrogen-bond donors (Lipinski definition) is 2. The Morgan fingerprint density at radius 3 is 1.70 bits per heavy atom. The summed E-state index contributed by atoms with van der Waals surface area (Å²) in [6.45, 7) is -0.260. The Balaban J connectivity index is 1.46. The van der Waals surface area contributed by atoms with Crippen LogP contribution in [0.5, 0.6) is 17.2 Å². The summed E-state index contributed by atoms with van der Waals surface area (Å²) in [5.41, 5.74) is 1.09. The maximum atomic E-state index is 12.1. The Hall–Kier alpha value is -4.00. The van der Waals surface area contributed by atoms with Gasteiger partial charge in [0.05, 0.1) is 7.11 Å². The summed E-state index contributed by atoms with van der Waals surface area (Å²) in [5.74, 6) is 1.27. The monoisotopic (exact) mass is 406 g/mol. The predicted octanol–water partition coefficient (Wildman–Crippen LogP) is 3.73. The summed E-state index contributed by atoms with van der Waals surface area (Å²) in [4.78, 5) is 24.2. The molecule has 0 saturated carbocycles. The number of hydrogen-bond acceptors (Lipinski definition) is 5. The molecule has 3 aromatic rings. The lowest BCUT2D eigenvalue weighted by molar-refractivity contribution is -0.118. The summed E-state index contributed by atoms with van der Waals surface area (Å²) in [6, 6.07) is 22.9. The van der Waals surface area contributed by atoms with Crippen molar-refractivity contribution in [3.8, 4) is 17.2 Å². The van der Waals surface area contributed by atoms with Crippen LogP contribution in [0.2, 0.25) is 0 Å². The second kappa shape index (κ2) is 10.5. The molecule has 2 N–H and O–H groups in total. The van der Waals surface area contributed by atoms with Crippen molar-refractivity contribution in [1.29, 1.82) is 0 Å². The number of carbonyl (C=O) groups excluding carboxylic acids is 2. The van der Waals surface area contributed by atoms with E-state index in [4.69, 9.17) is 14.2 Å². The Bertz CT molecular complexity index is 974. The number of methoxy groups -OCH3 is 1. The van der Waals surface area contributed by atoms with Gasteiger partial charge in [0.1, 0.15) is 17.2 Å². The average molecular weight is 406 g/mol. The zero-order valence-corrected chi connectivity index (χ0v) is 16.5. The third-order valence-electron chi connectivity index (χ3n) is 3.97. The number of anilines is 2. The molecule has 7 nitrogen and oxygen atoms in total. The van der Waals surface area contributed by atoms with Crippen LogP contribution in [0.4, 0.5) is 11.4 Å². The van der Waals surface area contributed by atoms with Crippen molar-refractivity contribution in [1.82, 2.24) is 0 Å². The quantitative estimate of drug-likeness (QED) is 0.566. The van der Waals surface area contributed by atoms with Gasteiger partial charge in [0.25, 0.3) is 11.8 Å². The molecule has 0 fully saturated rings. The van der Waals surface area contributed by atoms with Crippen molar-refractivity contribution in [2.45, 2.75) is 0 Å². The van der Waals surface area contributed by atoms with Gasteiger partial charge in [0, 0.05) is 11.4 Å². The van der Waals surface area contributed by atoms with Crippen LogP contribution in [0, 0.1) is 0 Å². The van der Waals surface area contributed by atoms with Gasteiger partial charge in [-0.2, -0.15) is 0 Å². The van der Waals surface area contributed by atoms with Crippen LogP contribution in [0.15, 0.2) is 78.9 Å². The van der Waals surface area contributed by atoms with E-state index in [0.29, 0.717) is 28.6 Å². The van der Waals surface area contributed by atoms with Gasteiger partial charge < -0.3 is 24.8 Å². The third kappa shape index (κ3) is 6.56. The van der Waals surface area contributed by atoms with Gasteiger partial charge >= 0.3 is 0 Å². The molecule has 0 bridgehead atoms. The first-order valence-electron chi connectivity index (χ1n) is 9.27. The molecule has 0 saturated heterocycles. The maximum absolute atomic E-state index is 12.1. The predicted molar refractivity (Wildman–Crippen MR) is 114 cm³/mol. The van der Waals surface area contributed by atoms with E-state index in [2.05, 4.69) is 10.6 Å². The maximum Gasteiger partial charge on any atom is 0.262 e. The average Bonchev–Trinajstić information content (AvgIpc) is 2.77. The summed E-state index contributed by atoms with van der Waals surface area (Å²) < 4.78 is 15.9. The normalized spacial score (nSPS) is 10.0. The standard InChI is InChI=1S/C23H22N2O5/c1-28-19-10-12-21(13-11-19)30-16-23(27)25-18-7-5-6-17(14-18)24-22(26)15-29-20-8-3-2-4-9-20/h2-14H,15-16H2,1H3,(H,24,26)(H,25,27). The van der Waals surface area contributed by atoms with Gasteiger partial charge in [-0.25, -0.2) is 0 Å². The fourth-order valence-electron chi connectivity index (χ4n) is 2.56. The van der Waals surface area contributed by atoms with Gasteiger partial charge in [-0.15, -0.1) is 0 Å². The Kier molecular flexibility index (Phi) is 7.27. The highest BCUT2D eigenvalue weighted by atomic mass is 16.5. The molecule has 0 aliphatic heterocycles. The molecule has 154 valence electrons. The highest BCUT2D eigenvalue weighted by molar-refractivity contribution is 5.95. The van der Waals surface area contributed by atoms with E-state index < -0.39 is 0 Å². The van der Waals surface area contributed by atoms with Gasteiger partial charge in [-0.3, -0.25) is 9.59 Å². The van der Waals surface area contributed by atoms with Crippen molar-refractivity contribution in [2.75, 3.05) is 31.0 Å². The summed E-state index contributed by atoms with van der Waals surface area (Å²) in [6.07, 6.45) is 0. The number of ether oxygens (including phenoxy) is 3. The van der Waals surface area contributed by atoms with Crippen molar-refractivity contribution in [2.24, 2.45) is 0 Å². The molecule has 3 rings (SSSR count). The minimum absolute atomic E-state index is 0.115. The minimum Gasteiger partial charge on any atom is -0.497 e. The van der Waals surface area contributed by atoms with E-state index in [-0.39, 0.29) is 25.0 Å². The SMILES string of the molecule is COc1ccc(OCC(=O)Nc2cccc(NC(=O)COc3ccccc3)c2)cc1. The first-order valence-corrected chi connectivity index (χ1v) is 9.27. The first-order chi connectivity index (χ1) is 14.6. The molecule has 0 spiro atoms. The Morgan fingerprint density at radius 1 is 0.667 bits per heavy atom. The van der Waals surface area contributed by atoms with Crippen molar-refractivity contribution < 1.29 is 23.8 Å². The van der Waals surface area contributed by atoms with Gasteiger partial charge in [0.15, 0.2) is 13.2 Å². The van der Waals surface area contributed by atoms with Gasteiger partial charge in [0.2, 0.25) is 0 Å². The lowest BCUT2D eigenvalue weighted by atomic mass is 10.2.